The Bertz CT molecular complexity index is 925. The lowest BCUT2D eigenvalue weighted by atomic mass is 9.98. The van der Waals surface area contributed by atoms with Crippen LogP contribution in [0.5, 0.6) is 0 Å². The number of halogens is 1. The van der Waals surface area contributed by atoms with Crippen molar-refractivity contribution in [1.82, 2.24) is 4.31 Å². The van der Waals surface area contributed by atoms with Gasteiger partial charge in [-0.3, -0.25) is 4.79 Å². The molecule has 0 heterocycles. The number of sulfonamides is 1. The van der Waals surface area contributed by atoms with Gasteiger partial charge in [-0.1, -0.05) is 50.6 Å². The van der Waals surface area contributed by atoms with E-state index in [-0.39, 0.29) is 29.8 Å². The summed E-state index contributed by atoms with van der Waals surface area (Å²) < 4.78 is 27.1. The maximum absolute atomic E-state index is 13.0. The first-order valence-electron chi connectivity index (χ1n) is 9.32. The summed E-state index contributed by atoms with van der Waals surface area (Å²) in [6.07, 6.45) is 0.599. The fourth-order valence-electron chi connectivity index (χ4n) is 2.97. The first-order chi connectivity index (χ1) is 13.2. The van der Waals surface area contributed by atoms with E-state index in [0.717, 1.165) is 16.8 Å². The quantitative estimate of drug-likeness (QED) is 0.663. The van der Waals surface area contributed by atoms with Crippen LogP contribution in [0.4, 0.5) is 5.69 Å². The molecule has 0 spiro atoms. The van der Waals surface area contributed by atoms with E-state index in [0.29, 0.717) is 11.4 Å². The van der Waals surface area contributed by atoms with Crippen molar-refractivity contribution in [2.24, 2.45) is 0 Å². The van der Waals surface area contributed by atoms with Crippen molar-refractivity contribution in [3.8, 4) is 0 Å². The molecule has 0 saturated carbocycles. The Morgan fingerprint density at radius 2 is 1.79 bits per heavy atom. The number of anilines is 1. The van der Waals surface area contributed by atoms with Crippen LogP contribution in [0.1, 0.15) is 44.2 Å². The van der Waals surface area contributed by atoms with Gasteiger partial charge in [-0.15, -0.1) is 0 Å². The molecule has 28 heavy (non-hydrogen) atoms. The molecule has 0 aromatic heterocycles. The smallest absolute Gasteiger partial charge is 0.243 e. The zero-order valence-corrected chi connectivity index (χ0v) is 18.3. The number of benzene rings is 2. The highest BCUT2D eigenvalue weighted by atomic mass is 35.5. The molecule has 7 heteroatoms. The van der Waals surface area contributed by atoms with Gasteiger partial charge in [-0.25, -0.2) is 8.42 Å². The van der Waals surface area contributed by atoms with Gasteiger partial charge < -0.3 is 5.32 Å². The van der Waals surface area contributed by atoms with Gasteiger partial charge in [0.25, 0.3) is 0 Å². The molecule has 1 amide bonds. The first-order valence-corrected chi connectivity index (χ1v) is 11.1. The molecule has 0 unspecified atom stereocenters. The minimum Gasteiger partial charge on any atom is -0.324 e. The number of nitrogens with one attached hydrogen (secondary N) is 1. The summed E-state index contributed by atoms with van der Waals surface area (Å²) in [7, 11) is -3.79. The zero-order chi connectivity index (χ0) is 20.9. The molecule has 0 bridgehead atoms. The number of hydrogen-bond acceptors (Lipinski definition) is 3. The second kappa shape index (κ2) is 9.54. The second-order valence-corrected chi connectivity index (χ2v) is 9.41. The zero-order valence-electron chi connectivity index (χ0n) is 16.7. The Kier molecular flexibility index (Phi) is 7.63. The Morgan fingerprint density at radius 1 is 1.14 bits per heavy atom. The highest BCUT2D eigenvalue weighted by Crippen LogP contribution is 2.27. The number of carbonyl (C=O) groups excluding carboxylic acids is 1. The summed E-state index contributed by atoms with van der Waals surface area (Å²) in [6.45, 7) is 7.92. The molecule has 0 aliphatic heterocycles. The van der Waals surface area contributed by atoms with Gasteiger partial charge in [-0.05, 0) is 54.7 Å². The molecule has 0 radical (unpaired) electrons. The highest BCUT2D eigenvalue weighted by Gasteiger charge is 2.26. The molecule has 0 atom stereocenters. The van der Waals surface area contributed by atoms with E-state index in [1.54, 1.807) is 0 Å². The predicted molar refractivity (Wildman–Crippen MR) is 114 cm³/mol. The number of rotatable bonds is 8. The fraction of sp³-hybridized carbons (Fsp3) is 0.381. The maximum atomic E-state index is 13.0. The standard InChI is InChI=1S/C21H27ClN2O3S/c1-5-13-24(28(26,27)18-11-9-17(22)10-12-18)14-20(25)23-21-16(4)7-6-8-19(21)15(2)3/h6-12,15H,5,13-14H2,1-4H3,(H,23,25). The van der Waals surface area contributed by atoms with Gasteiger partial charge in [-0.2, -0.15) is 4.31 Å². The third-order valence-electron chi connectivity index (χ3n) is 4.44. The Hall–Kier alpha value is -1.89. The number of nitrogens with zero attached hydrogens (tertiary/aromatic N) is 1. The molecule has 0 aliphatic rings. The average molecular weight is 423 g/mol. The third kappa shape index (κ3) is 5.34. The van der Waals surface area contributed by atoms with E-state index in [2.05, 4.69) is 19.2 Å². The van der Waals surface area contributed by atoms with E-state index >= 15 is 0 Å². The molecule has 152 valence electrons. The van der Waals surface area contributed by atoms with Crippen molar-refractivity contribution in [2.75, 3.05) is 18.4 Å². The van der Waals surface area contributed by atoms with Gasteiger partial charge >= 0.3 is 0 Å². The van der Waals surface area contributed by atoms with Crippen LogP contribution in [0.3, 0.4) is 0 Å². The van der Waals surface area contributed by atoms with Crippen LogP contribution in [0.25, 0.3) is 0 Å². The fourth-order valence-corrected chi connectivity index (χ4v) is 4.59. The largest absolute Gasteiger partial charge is 0.324 e. The maximum Gasteiger partial charge on any atom is 0.243 e. The molecular formula is C21H27ClN2O3S. The lowest BCUT2D eigenvalue weighted by Crippen LogP contribution is -2.38. The summed E-state index contributed by atoms with van der Waals surface area (Å²) in [6, 6.07) is 11.8. The first kappa shape index (κ1) is 22.4. The molecule has 1 N–H and O–H groups in total. The van der Waals surface area contributed by atoms with E-state index in [1.807, 2.05) is 32.0 Å². The normalized spacial score (nSPS) is 11.8. The number of para-hydroxylation sites is 1. The van der Waals surface area contributed by atoms with Crippen LogP contribution < -0.4 is 5.32 Å². The molecule has 0 fully saturated rings. The van der Waals surface area contributed by atoms with E-state index in [4.69, 9.17) is 11.6 Å². The Balaban J connectivity index is 2.25. The van der Waals surface area contributed by atoms with Crippen molar-refractivity contribution in [3.05, 3.63) is 58.6 Å². The number of hydrogen-bond donors (Lipinski definition) is 1. The number of carbonyl (C=O) groups is 1. The van der Waals surface area contributed by atoms with Gasteiger partial charge in [0, 0.05) is 17.3 Å². The monoisotopic (exact) mass is 422 g/mol. The van der Waals surface area contributed by atoms with Crippen molar-refractivity contribution in [1.29, 1.82) is 0 Å². The Labute approximate surface area is 172 Å². The number of amides is 1. The van der Waals surface area contributed by atoms with Gasteiger partial charge in [0.1, 0.15) is 0 Å². The minimum absolute atomic E-state index is 0.122. The minimum atomic E-state index is -3.79. The van der Waals surface area contributed by atoms with Gasteiger partial charge in [0.05, 0.1) is 11.4 Å². The highest BCUT2D eigenvalue weighted by molar-refractivity contribution is 7.89. The van der Waals surface area contributed by atoms with Crippen LogP contribution in [0.2, 0.25) is 5.02 Å². The third-order valence-corrected chi connectivity index (χ3v) is 6.55. The van der Waals surface area contributed by atoms with Crippen LogP contribution in [-0.2, 0) is 14.8 Å². The molecular weight excluding hydrogens is 396 g/mol. The molecule has 2 aromatic carbocycles. The molecule has 0 saturated heterocycles. The molecule has 5 nitrogen and oxygen atoms in total. The predicted octanol–water partition coefficient (Wildman–Crippen LogP) is 4.81. The molecule has 0 aliphatic carbocycles. The van der Waals surface area contributed by atoms with Gasteiger partial charge in [0.2, 0.25) is 15.9 Å². The topological polar surface area (TPSA) is 66.5 Å². The summed E-state index contributed by atoms with van der Waals surface area (Å²) in [4.78, 5) is 12.8. The second-order valence-electron chi connectivity index (χ2n) is 7.03. The van der Waals surface area contributed by atoms with E-state index < -0.39 is 10.0 Å². The Morgan fingerprint density at radius 3 is 2.36 bits per heavy atom. The molecule has 2 rings (SSSR count). The van der Waals surface area contributed by atoms with Gasteiger partial charge in [0.15, 0.2) is 0 Å². The van der Waals surface area contributed by atoms with Crippen molar-refractivity contribution >= 4 is 33.2 Å². The SMILES string of the molecule is CCCN(CC(=O)Nc1c(C)cccc1C(C)C)S(=O)(=O)c1ccc(Cl)cc1. The van der Waals surface area contributed by atoms with E-state index in [9.17, 15) is 13.2 Å². The van der Waals surface area contributed by atoms with Crippen molar-refractivity contribution in [3.63, 3.8) is 0 Å². The molecule has 2 aromatic rings. The van der Waals surface area contributed by atoms with Crippen LogP contribution >= 0.6 is 11.6 Å². The number of aryl methyl sites for hydroxylation is 1. The van der Waals surface area contributed by atoms with E-state index in [1.165, 1.54) is 28.6 Å². The van der Waals surface area contributed by atoms with Crippen LogP contribution in [0, 0.1) is 6.92 Å². The van der Waals surface area contributed by atoms with Crippen molar-refractivity contribution < 1.29 is 13.2 Å². The lowest BCUT2D eigenvalue weighted by molar-refractivity contribution is -0.116. The summed E-state index contributed by atoms with van der Waals surface area (Å²) in [5.74, 6) is -0.123. The lowest BCUT2D eigenvalue weighted by Gasteiger charge is -2.22. The average Bonchev–Trinajstić information content (AvgIpc) is 2.63. The summed E-state index contributed by atoms with van der Waals surface area (Å²) in [5.41, 5.74) is 2.72. The van der Waals surface area contributed by atoms with Crippen LogP contribution in [0.15, 0.2) is 47.4 Å². The van der Waals surface area contributed by atoms with Crippen molar-refractivity contribution in [2.45, 2.75) is 44.9 Å². The summed E-state index contributed by atoms with van der Waals surface area (Å²) >= 11 is 5.86. The summed E-state index contributed by atoms with van der Waals surface area (Å²) in [5, 5.41) is 3.37. The van der Waals surface area contributed by atoms with Crippen LogP contribution in [-0.4, -0.2) is 31.7 Å².